The molecule has 0 amide bonds. The average Bonchev–Trinajstić information content (AvgIpc) is 2.30. The van der Waals surface area contributed by atoms with Crippen LogP contribution >= 0.6 is 0 Å². The first-order valence-electron chi connectivity index (χ1n) is 7.85. The van der Waals surface area contributed by atoms with E-state index in [1.807, 2.05) is 27.7 Å². The van der Waals surface area contributed by atoms with E-state index in [0.29, 0.717) is 0 Å². The second-order valence-corrected chi connectivity index (χ2v) is 5.54. The second kappa shape index (κ2) is 12.6. The van der Waals surface area contributed by atoms with Crippen LogP contribution in [0, 0.1) is 11.7 Å². The van der Waals surface area contributed by atoms with Gasteiger partial charge in [0.1, 0.15) is 0 Å². The van der Waals surface area contributed by atoms with Crippen molar-refractivity contribution in [3.8, 4) is 11.7 Å². The highest BCUT2D eigenvalue weighted by Gasteiger charge is 2.18. The minimum absolute atomic E-state index is 0.145. The van der Waals surface area contributed by atoms with Gasteiger partial charge in [0.05, 0.1) is 0 Å². The van der Waals surface area contributed by atoms with Gasteiger partial charge in [0.25, 0.3) is 0 Å². The van der Waals surface area contributed by atoms with Crippen molar-refractivity contribution in [3.63, 3.8) is 0 Å². The summed E-state index contributed by atoms with van der Waals surface area (Å²) >= 11 is 0. The quantitative estimate of drug-likeness (QED) is 0.326. The van der Waals surface area contributed by atoms with E-state index in [0.717, 1.165) is 6.42 Å². The van der Waals surface area contributed by atoms with Gasteiger partial charge in [-0.05, 0) is 34.1 Å². The number of hydrogen-bond acceptors (Lipinski definition) is 2. The molecule has 0 rings (SSSR count). The van der Waals surface area contributed by atoms with Crippen LogP contribution in [0.5, 0.6) is 0 Å². The molecule has 0 atom stereocenters. The molecule has 3 heteroatoms. The largest absolute Gasteiger partial charge is 0.550 e. The lowest BCUT2D eigenvalue weighted by Crippen LogP contribution is -2.28. The summed E-state index contributed by atoms with van der Waals surface area (Å²) in [4.78, 5) is 0. The summed E-state index contributed by atoms with van der Waals surface area (Å²) in [6.07, 6.45) is 9.08. The van der Waals surface area contributed by atoms with Crippen LogP contribution in [0.3, 0.4) is 0 Å². The fourth-order valence-corrected chi connectivity index (χ4v) is 1.74. The van der Waals surface area contributed by atoms with E-state index >= 15 is 0 Å². The maximum Gasteiger partial charge on any atom is 0.550 e. The predicted molar refractivity (Wildman–Crippen MR) is 84.0 cm³/mol. The first kappa shape index (κ1) is 18.5. The fourth-order valence-electron chi connectivity index (χ4n) is 1.74. The molecule has 0 heterocycles. The second-order valence-electron chi connectivity index (χ2n) is 5.54. The van der Waals surface area contributed by atoms with Gasteiger partial charge in [-0.2, -0.15) is 0 Å². The summed E-state index contributed by atoms with van der Waals surface area (Å²) < 4.78 is 11.2. The molecule has 0 aliphatic heterocycles. The maximum absolute atomic E-state index is 5.62. The summed E-state index contributed by atoms with van der Waals surface area (Å²) in [5.41, 5.74) is 0. The molecule has 2 nitrogen and oxygen atoms in total. The summed E-state index contributed by atoms with van der Waals surface area (Å²) in [6.45, 7) is 10.3. The van der Waals surface area contributed by atoms with Crippen LogP contribution in [0.25, 0.3) is 0 Å². The summed E-state index contributed by atoms with van der Waals surface area (Å²) in [7, 11) is -0.375. The van der Waals surface area contributed by atoms with Gasteiger partial charge in [0.15, 0.2) is 0 Å². The Balaban J connectivity index is 3.79. The van der Waals surface area contributed by atoms with Gasteiger partial charge >= 0.3 is 7.12 Å². The van der Waals surface area contributed by atoms with Crippen molar-refractivity contribution < 1.29 is 9.31 Å². The molecule has 0 spiro atoms. The lowest BCUT2D eigenvalue weighted by atomic mass is 9.90. The minimum atomic E-state index is -0.375. The molecular formula is C16H31BO2. The molecule has 0 unspecified atom stereocenters. The Bertz CT molecular complexity index is 243. The molecule has 0 N–H and O–H groups in total. The van der Waals surface area contributed by atoms with E-state index in [-0.39, 0.29) is 19.3 Å². The van der Waals surface area contributed by atoms with Crippen molar-refractivity contribution in [2.45, 2.75) is 91.8 Å². The van der Waals surface area contributed by atoms with Crippen LogP contribution in [0.15, 0.2) is 0 Å². The van der Waals surface area contributed by atoms with Crippen LogP contribution in [-0.2, 0) is 9.31 Å². The molecular weight excluding hydrogens is 235 g/mol. The lowest BCUT2D eigenvalue weighted by Gasteiger charge is -2.14. The first-order valence-corrected chi connectivity index (χ1v) is 7.85. The fraction of sp³-hybridized carbons (Fsp3) is 0.875. The smallest absolute Gasteiger partial charge is 0.398 e. The molecule has 0 radical (unpaired) electrons. The Morgan fingerprint density at radius 2 is 1.37 bits per heavy atom. The highest BCUT2D eigenvalue weighted by Crippen LogP contribution is 2.06. The number of hydrogen-bond donors (Lipinski definition) is 0. The zero-order valence-corrected chi connectivity index (χ0v) is 13.5. The molecule has 110 valence electrons. The summed E-state index contributed by atoms with van der Waals surface area (Å²) in [6, 6.07) is 0. The topological polar surface area (TPSA) is 18.5 Å². The third-order valence-electron chi connectivity index (χ3n) is 2.67. The third-order valence-corrected chi connectivity index (χ3v) is 2.67. The van der Waals surface area contributed by atoms with Gasteiger partial charge in [0.2, 0.25) is 0 Å². The van der Waals surface area contributed by atoms with E-state index in [1.54, 1.807) is 0 Å². The highest BCUT2D eigenvalue weighted by atomic mass is 16.6. The standard InChI is InChI=1S/C16H31BO2/c1-6-7-8-9-10-11-12-13-14-17(18-15(2)3)19-16(4)5/h15-16H,6-12H2,1-5H3. The van der Waals surface area contributed by atoms with Crippen molar-refractivity contribution in [1.82, 2.24) is 0 Å². The first-order chi connectivity index (χ1) is 9.06. The van der Waals surface area contributed by atoms with Gasteiger partial charge < -0.3 is 9.31 Å². The van der Waals surface area contributed by atoms with Crippen molar-refractivity contribution in [2.24, 2.45) is 0 Å². The molecule has 0 aliphatic carbocycles. The Morgan fingerprint density at radius 3 is 1.89 bits per heavy atom. The van der Waals surface area contributed by atoms with Gasteiger partial charge in [0, 0.05) is 18.6 Å². The Hall–Kier alpha value is -0.455. The predicted octanol–water partition coefficient (Wildman–Crippen LogP) is 4.62. The lowest BCUT2D eigenvalue weighted by molar-refractivity contribution is 0.140. The molecule has 0 aromatic carbocycles. The number of rotatable bonds is 10. The van der Waals surface area contributed by atoms with Gasteiger partial charge in [-0.1, -0.05) is 44.8 Å². The van der Waals surface area contributed by atoms with Crippen LogP contribution in [0.2, 0.25) is 0 Å². The Morgan fingerprint density at radius 1 is 0.842 bits per heavy atom. The molecule has 0 saturated carbocycles. The zero-order chi connectivity index (χ0) is 14.5. The molecule has 0 aliphatic rings. The maximum atomic E-state index is 5.62. The molecule has 0 fully saturated rings. The van der Waals surface area contributed by atoms with E-state index in [9.17, 15) is 0 Å². The monoisotopic (exact) mass is 266 g/mol. The molecule has 0 aromatic heterocycles. The minimum Gasteiger partial charge on any atom is -0.398 e. The summed E-state index contributed by atoms with van der Waals surface area (Å²) in [5.74, 6) is 6.28. The van der Waals surface area contributed by atoms with E-state index in [1.165, 1.54) is 38.5 Å². The molecule has 0 aromatic rings. The average molecular weight is 266 g/mol. The van der Waals surface area contributed by atoms with Crippen LogP contribution in [0.4, 0.5) is 0 Å². The van der Waals surface area contributed by atoms with Crippen LogP contribution < -0.4 is 0 Å². The molecule has 0 bridgehead atoms. The van der Waals surface area contributed by atoms with E-state index in [2.05, 4.69) is 18.7 Å². The van der Waals surface area contributed by atoms with Crippen molar-refractivity contribution in [1.29, 1.82) is 0 Å². The number of unbranched alkanes of at least 4 members (excludes halogenated alkanes) is 6. The van der Waals surface area contributed by atoms with E-state index < -0.39 is 0 Å². The third kappa shape index (κ3) is 13.8. The summed E-state index contributed by atoms with van der Waals surface area (Å²) in [5, 5.41) is 0. The van der Waals surface area contributed by atoms with E-state index in [4.69, 9.17) is 9.31 Å². The molecule has 19 heavy (non-hydrogen) atoms. The van der Waals surface area contributed by atoms with Crippen molar-refractivity contribution in [3.05, 3.63) is 0 Å². The van der Waals surface area contributed by atoms with Gasteiger partial charge in [-0.3, -0.25) is 0 Å². The normalized spacial score (nSPS) is 10.7. The molecule has 0 saturated heterocycles. The van der Waals surface area contributed by atoms with Crippen LogP contribution in [-0.4, -0.2) is 19.3 Å². The van der Waals surface area contributed by atoms with Gasteiger partial charge in [-0.15, -0.1) is 5.92 Å². The Kier molecular flexibility index (Phi) is 12.3. The SMILES string of the molecule is CCCCCCCCC#CB(OC(C)C)OC(C)C. The van der Waals surface area contributed by atoms with Crippen molar-refractivity contribution in [2.75, 3.05) is 0 Å². The van der Waals surface area contributed by atoms with Crippen LogP contribution in [0.1, 0.15) is 79.6 Å². The van der Waals surface area contributed by atoms with Crippen molar-refractivity contribution >= 4 is 7.12 Å². The zero-order valence-electron chi connectivity index (χ0n) is 13.5. The van der Waals surface area contributed by atoms with Gasteiger partial charge in [-0.25, -0.2) is 0 Å². The highest BCUT2D eigenvalue weighted by molar-refractivity contribution is 6.54. The Labute approximate surface area is 120 Å².